The van der Waals surface area contributed by atoms with Crippen molar-refractivity contribution in [3.63, 3.8) is 0 Å². The third-order valence-corrected chi connectivity index (χ3v) is 2.82. The minimum absolute atomic E-state index is 0.158. The van der Waals surface area contributed by atoms with Crippen LogP contribution in [0.15, 0.2) is 12.3 Å². The maximum Gasteiger partial charge on any atom is 0.180 e. The minimum Gasteiger partial charge on any atom is -0.378 e. The molecule has 0 N–H and O–H groups in total. The van der Waals surface area contributed by atoms with Crippen molar-refractivity contribution in [3.8, 4) is 0 Å². The second kappa shape index (κ2) is 4.57. The molecule has 0 amide bonds. The lowest BCUT2D eigenvalue weighted by atomic mass is 10.1. The second-order valence-electron chi connectivity index (χ2n) is 3.94. The predicted octanol–water partition coefficient (Wildman–Crippen LogP) is 1.56. The lowest BCUT2D eigenvalue weighted by Crippen LogP contribution is -2.11. The molecule has 1 saturated heterocycles. The Bertz CT molecular complexity index is 340. The Morgan fingerprint density at radius 3 is 3.20 bits per heavy atom. The second-order valence-corrected chi connectivity index (χ2v) is 3.94. The highest BCUT2D eigenvalue weighted by molar-refractivity contribution is 5.94. The predicted molar refractivity (Wildman–Crippen MR) is 55.7 cm³/mol. The van der Waals surface area contributed by atoms with E-state index in [4.69, 9.17) is 4.74 Å². The minimum atomic E-state index is 0.158. The Hall–Kier alpha value is -1.16. The number of hydrogen-bond donors (Lipinski definition) is 0. The number of carbonyl (C=O) groups excluding carboxylic acids is 1. The Kier molecular flexibility index (Phi) is 3.16. The van der Waals surface area contributed by atoms with Crippen LogP contribution in [0.4, 0.5) is 0 Å². The van der Waals surface area contributed by atoms with Crippen LogP contribution in [-0.4, -0.2) is 28.3 Å². The zero-order valence-electron chi connectivity index (χ0n) is 8.98. The molecule has 0 bridgehead atoms. The Morgan fingerprint density at radius 2 is 2.60 bits per heavy atom. The molecule has 1 unspecified atom stereocenters. The molecule has 1 atom stereocenters. The number of ketones is 1. The fourth-order valence-corrected chi connectivity index (χ4v) is 1.94. The SMILES string of the molecule is Cn1nccc1C(=O)CCC1CCCO1. The molecule has 1 fully saturated rings. The van der Waals surface area contributed by atoms with Crippen molar-refractivity contribution in [3.05, 3.63) is 18.0 Å². The van der Waals surface area contributed by atoms with E-state index < -0.39 is 0 Å². The van der Waals surface area contributed by atoms with Crippen LogP contribution in [0.25, 0.3) is 0 Å². The Morgan fingerprint density at radius 1 is 1.73 bits per heavy atom. The number of aromatic nitrogens is 2. The summed E-state index contributed by atoms with van der Waals surface area (Å²) < 4.78 is 7.10. The van der Waals surface area contributed by atoms with Crippen LogP contribution in [0.1, 0.15) is 36.2 Å². The molecule has 0 spiro atoms. The first-order valence-electron chi connectivity index (χ1n) is 5.40. The molecule has 0 aliphatic carbocycles. The summed E-state index contributed by atoms with van der Waals surface area (Å²) in [7, 11) is 1.79. The summed E-state index contributed by atoms with van der Waals surface area (Å²) >= 11 is 0. The lowest BCUT2D eigenvalue weighted by molar-refractivity contribution is 0.0853. The van der Waals surface area contributed by atoms with Crippen molar-refractivity contribution in [2.45, 2.75) is 31.8 Å². The molecule has 4 heteroatoms. The van der Waals surface area contributed by atoms with Gasteiger partial charge in [-0.05, 0) is 25.3 Å². The van der Waals surface area contributed by atoms with Crippen LogP contribution in [0.5, 0.6) is 0 Å². The highest BCUT2D eigenvalue weighted by atomic mass is 16.5. The first kappa shape index (κ1) is 10.4. The van der Waals surface area contributed by atoms with Gasteiger partial charge in [-0.3, -0.25) is 9.48 Å². The maximum absolute atomic E-state index is 11.8. The van der Waals surface area contributed by atoms with Crippen molar-refractivity contribution < 1.29 is 9.53 Å². The number of rotatable bonds is 4. The largest absolute Gasteiger partial charge is 0.378 e. The average molecular weight is 208 g/mol. The zero-order valence-corrected chi connectivity index (χ0v) is 8.98. The number of Topliss-reactive ketones (excluding diaryl/α,β-unsaturated/α-hetero) is 1. The molecule has 15 heavy (non-hydrogen) atoms. The maximum atomic E-state index is 11.8. The number of hydrogen-bond acceptors (Lipinski definition) is 3. The third kappa shape index (κ3) is 2.45. The van der Waals surface area contributed by atoms with Gasteiger partial charge in [0.1, 0.15) is 5.69 Å². The number of ether oxygens (including phenoxy) is 1. The standard InChI is InChI=1S/C11H16N2O2/c1-13-10(6-7-12-13)11(14)5-4-9-3-2-8-15-9/h6-7,9H,2-5,8H2,1H3. The molecule has 0 aromatic carbocycles. The van der Waals surface area contributed by atoms with Crippen LogP contribution < -0.4 is 0 Å². The van der Waals surface area contributed by atoms with Gasteiger partial charge >= 0.3 is 0 Å². The third-order valence-electron chi connectivity index (χ3n) is 2.82. The summed E-state index contributed by atoms with van der Waals surface area (Å²) in [4.78, 5) is 11.8. The highest BCUT2D eigenvalue weighted by Gasteiger charge is 2.18. The van der Waals surface area contributed by atoms with Gasteiger partial charge in [0.2, 0.25) is 0 Å². The molecule has 1 aliphatic rings. The van der Waals surface area contributed by atoms with Gasteiger partial charge in [0, 0.05) is 26.3 Å². The van der Waals surface area contributed by atoms with Crippen LogP contribution in [0.3, 0.4) is 0 Å². The van der Waals surface area contributed by atoms with Crippen LogP contribution in [0.2, 0.25) is 0 Å². The van der Waals surface area contributed by atoms with E-state index in [2.05, 4.69) is 5.10 Å². The number of carbonyl (C=O) groups is 1. The van der Waals surface area contributed by atoms with E-state index in [1.165, 1.54) is 0 Å². The van der Waals surface area contributed by atoms with E-state index in [1.54, 1.807) is 24.0 Å². The van der Waals surface area contributed by atoms with E-state index >= 15 is 0 Å². The first-order chi connectivity index (χ1) is 7.27. The van der Waals surface area contributed by atoms with E-state index in [1.807, 2.05) is 0 Å². The molecular weight excluding hydrogens is 192 g/mol. The normalized spacial score (nSPS) is 20.7. The van der Waals surface area contributed by atoms with Gasteiger partial charge in [0.15, 0.2) is 5.78 Å². The van der Waals surface area contributed by atoms with Crippen LogP contribution >= 0.6 is 0 Å². The van der Waals surface area contributed by atoms with E-state index in [0.717, 1.165) is 25.9 Å². The van der Waals surface area contributed by atoms with Crippen molar-refractivity contribution in [1.82, 2.24) is 9.78 Å². The summed E-state index contributed by atoms with van der Waals surface area (Å²) in [5, 5.41) is 3.98. The van der Waals surface area contributed by atoms with Gasteiger partial charge in [-0.1, -0.05) is 0 Å². The molecule has 2 rings (SSSR count). The first-order valence-corrected chi connectivity index (χ1v) is 5.40. The summed E-state index contributed by atoms with van der Waals surface area (Å²) in [5.74, 6) is 0.158. The molecular formula is C11H16N2O2. The van der Waals surface area contributed by atoms with Crippen molar-refractivity contribution >= 4 is 5.78 Å². The fourth-order valence-electron chi connectivity index (χ4n) is 1.94. The van der Waals surface area contributed by atoms with Gasteiger partial charge in [0.05, 0.1) is 6.10 Å². The Balaban J connectivity index is 1.84. The summed E-state index contributed by atoms with van der Waals surface area (Å²) in [5.41, 5.74) is 0.688. The Labute approximate surface area is 89.2 Å². The highest BCUT2D eigenvalue weighted by Crippen LogP contribution is 2.18. The van der Waals surface area contributed by atoms with Gasteiger partial charge in [-0.15, -0.1) is 0 Å². The van der Waals surface area contributed by atoms with Crippen molar-refractivity contribution in [1.29, 1.82) is 0 Å². The molecule has 4 nitrogen and oxygen atoms in total. The quantitative estimate of drug-likeness (QED) is 0.705. The van der Waals surface area contributed by atoms with Gasteiger partial charge in [-0.25, -0.2) is 0 Å². The van der Waals surface area contributed by atoms with Crippen LogP contribution in [-0.2, 0) is 11.8 Å². The van der Waals surface area contributed by atoms with Crippen LogP contribution in [0, 0.1) is 0 Å². The molecule has 1 aromatic rings. The smallest absolute Gasteiger partial charge is 0.180 e. The van der Waals surface area contributed by atoms with E-state index in [9.17, 15) is 4.79 Å². The van der Waals surface area contributed by atoms with Gasteiger partial charge < -0.3 is 4.74 Å². The lowest BCUT2D eigenvalue weighted by Gasteiger charge is -2.07. The monoisotopic (exact) mass is 208 g/mol. The van der Waals surface area contributed by atoms with Gasteiger partial charge in [0.25, 0.3) is 0 Å². The van der Waals surface area contributed by atoms with Crippen molar-refractivity contribution in [2.24, 2.45) is 7.05 Å². The number of nitrogens with zero attached hydrogens (tertiary/aromatic N) is 2. The zero-order chi connectivity index (χ0) is 10.7. The topological polar surface area (TPSA) is 44.1 Å². The fraction of sp³-hybridized carbons (Fsp3) is 0.636. The molecule has 0 saturated carbocycles. The molecule has 2 heterocycles. The van der Waals surface area contributed by atoms with Gasteiger partial charge in [-0.2, -0.15) is 5.10 Å². The summed E-state index contributed by atoms with van der Waals surface area (Å²) in [6.07, 6.45) is 5.57. The summed E-state index contributed by atoms with van der Waals surface area (Å²) in [6, 6.07) is 1.76. The molecule has 82 valence electrons. The van der Waals surface area contributed by atoms with Crippen molar-refractivity contribution in [2.75, 3.05) is 6.61 Å². The molecule has 1 aliphatic heterocycles. The molecule has 1 aromatic heterocycles. The van der Waals surface area contributed by atoms with E-state index in [-0.39, 0.29) is 5.78 Å². The number of aryl methyl sites for hydroxylation is 1. The van der Waals surface area contributed by atoms with E-state index in [0.29, 0.717) is 18.2 Å². The summed E-state index contributed by atoms with van der Waals surface area (Å²) in [6.45, 7) is 0.852. The molecule has 0 radical (unpaired) electrons. The average Bonchev–Trinajstić information content (AvgIpc) is 2.84.